The minimum atomic E-state index is -3.79. The molecule has 1 atom stereocenters. The number of alkyl halides is 2. The number of sulfonamides is 1. The van der Waals surface area contributed by atoms with Crippen LogP contribution in [0.15, 0.2) is 54.6 Å². The molecule has 0 fully saturated rings. The Morgan fingerprint density at radius 1 is 1.16 bits per heavy atom. The number of nitrogens with two attached hydrogens (primary N) is 1. The van der Waals surface area contributed by atoms with E-state index in [0.29, 0.717) is 28.2 Å². The molecule has 0 radical (unpaired) electrons. The molecule has 0 bridgehead atoms. The van der Waals surface area contributed by atoms with Gasteiger partial charge in [0.2, 0.25) is 10.0 Å². The van der Waals surface area contributed by atoms with E-state index < -0.39 is 28.5 Å². The third kappa shape index (κ3) is 4.50. The Kier molecular flexibility index (Phi) is 5.98. The molecule has 1 heterocycles. The molecule has 3 aromatic carbocycles. The maximum absolute atomic E-state index is 13.1. The van der Waals surface area contributed by atoms with Crippen molar-refractivity contribution in [2.24, 2.45) is 5.14 Å². The minimum Gasteiger partial charge on any atom is -0.497 e. The van der Waals surface area contributed by atoms with Gasteiger partial charge in [-0.3, -0.25) is 0 Å². The quantitative estimate of drug-likeness (QED) is 0.541. The van der Waals surface area contributed by atoms with E-state index in [1.807, 2.05) is 6.07 Å². The van der Waals surface area contributed by atoms with E-state index in [4.69, 9.17) is 31.0 Å². The molecule has 2 N–H and O–H groups in total. The Morgan fingerprint density at radius 3 is 2.62 bits per heavy atom. The average Bonchev–Trinajstić information content (AvgIpc) is 2.73. The first-order chi connectivity index (χ1) is 15.2. The van der Waals surface area contributed by atoms with E-state index in [1.54, 1.807) is 42.5 Å². The summed E-state index contributed by atoms with van der Waals surface area (Å²) in [4.78, 5) is 0. The number of ether oxygens (including phenoxy) is 3. The second kappa shape index (κ2) is 8.57. The summed E-state index contributed by atoms with van der Waals surface area (Å²) in [6, 6.07) is 15.0. The topological polar surface area (TPSA) is 87.8 Å². The highest BCUT2D eigenvalue weighted by atomic mass is 35.5. The fourth-order valence-corrected chi connectivity index (χ4v) is 4.56. The molecule has 4 rings (SSSR count). The van der Waals surface area contributed by atoms with Gasteiger partial charge in [0.05, 0.1) is 23.4 Å². The first-order valence-corrected chi connectivity index (χ1v) is 11.5. The molecule has 0 aliphatic carbocycles. The number of benzene rings is 3. The molecule has 3 aromatic rings. The molecule has 0 aromatic heterocycles. The van der Waals surface area contributed by atoms with Crippen LogP contribution in [-0.2, 0) is 15.8 Å². The molecule has 0 spiro atoms. The highest BCUT2D eigenvalue weighted by Gasteiger charge is 2.32. The lowest BCUT2D eigenvalue weighted by Gasteiger charge is -2.31. The van der Waals surface area contributed by atoms with E-state index >= 15 is 0 Å². The van der Waals surface area contributed by atoms with Crippen LogP contribution in [-0.4, -0.2) is 22.1 Å². The summed E-state index contributed by atoms with van der Waals surface area (Å²) >= 11 is 6.16. The number of fused-ring (bicyclic) bond motifs is 3. The van der Waals surface area contributed by atoms with Gasteiger partial charge in [-0.15, -0.1) is 0 Å². The highest BCUT2D eigenvalue weighted by molar-refractivity contribution is 7.88. The van der Waals surface area contributed by atoms with Crippen molar-refractivity contribution in [2.45, 2.75) is 18.5 Å². The fraction of sp³-hybridized carbons (Fsp3) is 0.182. The van der Waals surface area contributed by atoms with Crippen molar-refractivity contribution in [3.8, 4) is 28.4 Å². The van der Waals surface area contributed by atoms with Crippen LogP contribution in [0.1, 0.15) is 22.8 Å². The number of rotatable bonds is 6. The van der Waals surface area contributed by atoms with Crippen molar-refractivity contribution < 1.29 is 31.4 Å². The maximum Gasteiger partial charge on any atom is 0.387 e. The molecule has 0 saturated carbocycles. The summed E-state index contributed by atoms with van der Waals surface area (Å²) in [5, 5.41) is 5.20. The zero-order valence-corrected chi connectivity index (χ0v) is 18.3. The molecule has 10 heteroatoms. The number of hydrogen-bond donors (Lipinski definition) is 1. The number of hydrogen-bond acceptors (Lipinski definition) is 5. The van der Waals surface area contributed by atoms with Gasteiger partial charge < -0.3 is 14.2 Å². The summed E-state index contributed by atoms with van der Waals surface area (Å²) in [6.45, 7) is -3.10. The van der Waals surface area contributed by atoms with E-state index in [9.17, 15) is 17.2 Å². The van der Waals surface area contributed by atoms with Crippen LogP contribution < -0.4 is 19.3 Å². The molecule has 168 valence electrons. The van der Waals surface area contributed by atoms with Gasteiger partial charge >= 0.3 is 6.61 Å². The summed E-state index contributed by atoms with van der Waals surface area (Å²) in [5.41, 5.74) is 2.47. The average molecular weight is 482 g/mol. The van der Waals surface area contributed by atoms with Gasteiger partial charge in [-0.05, 0) is 35.4 Å². The molecular formula is C22H18ClF2NO5S. The van der Waals surface area contributed by atoms with Crippen molar-refractivity contribution >= 4 is 21.6 Å². The van der Waals surface area contributed by atoms with Gasteiger partial charge in [-0.1, -0.05) is 41.9 Å². The van der Waals surface area contributed by atoms with Crippen molar-refractivity contribution in [2.75, 3.05) is 7.11 Å². The molecule has 1 aliphatic rings. The molecule has 1 unspecified atom stereocenters. The van der Waals surface area contributed by atoms with E-state index in [0.717, 1.165) is 5.56 Å². The highest BCUT2D eigenvalue weighted by Crippen LogP contribution is 2.51. The standard InChI is InChI=1S/C22H18ClF2NO5S/c1-29-14-4-2-3-13(10-14)20-16-9-12(11-32(26,27)28)5-6-15(16)19-18(30-20)8-7-17(23)21(19)31-22(24)25/h2-10,20,22H,11H2,1H3,(H2,26,27,28). The van der Waals surface area contributed by atoms with E-state index in [2.05, 4.69) is 0 Å². The first kappa shape index (κ1) is 22.3. The summed E-state index contributed by atoms with van der Waals surface area (Å²) in [6.07, 6.45) is -0.673. The molecule has 0 amide bonds. The lowest BCUT2D eigenvalue weighted by atomic mass is 9.88. The number of halogens is 3. The van der Waals surface area contributed by atoms with Crippen molar-refractivity contribution in [3.63, 3.8) is 0 Å². The second-order valence-electron chi connectivity index (χ2n) is 7.13. The second-order valence-corrected chi connectivity index (χ2v) is 9.15. The molecule has 0 saturated heterocycles. The summed E-state index contributed by atoms with van der Waals surface area (Å²) < 4.78 is 65.7. The molecule has 32 heavy (non-hydrogen) atoms. The molecular weight excluding hydrogens is 464 g/mol. The smallest absolute Gasteiger partial charge is 0.387 e. The largest absolute Gasteiger partial charge is 0.497 e. The van der Waals surface area contributed by atoms with Crippen LogP contribution in [0.5, 0.6) is 17.2 Å². The Balaban J connectivity index is 1.94. The van der Waals surface area contributed by atoms with E-state index in [-0.39, 0.29) is 16.3 Å². The van der Waals surface area contributed by atoms with Gasteiger partial charge in [0, 0.05) is 11.1 Å². The predicted octanol–water partition coefficient (Wildman–Crippen LogP) is 4.89. The lowest BCUT2D eigenvalue weighted by Crippen LogP contribution is -2.18. The van der Waals surface area contributed by atoms with Gasteiger partial charge in [0.25, 0.3) is 0 Å². The minimum absolute atomic E-state index is 0.00737. The monoisotopic (exact) mass is 481 g/mol. The van der Waals surface area contributed by atoms with E-state index in [1.165, 1.54) is 13.2 Å². The van der Waals surface area contributed by atoms with Crippen molar-refractivity contribution in [3.05, 3.63) is 76.3 Å². The van der Waals surface area contributed by atoms with Crippen LogP contribution in [0, 0.1) is 0 Å². The maximum atomic E-state index is 13.1. The third-order valence-electron chi connectivity index (χ3n) is 4.96. The third-order valence-corrected chi connectivity index (χ3v) is 5.99. The molecule has 6 nitrogen and oxygen atoms in total. The van der Waals surface area contributed by atoms with Crippen LogP contribution in [0.3, 0.4) is 0 Å². The van der Waals surface area contributed by atoms with Crippen LogP contribution in [0.2, 0.25) is 5.02 Å². The van der Waals surface area contributed by atoms with Crippen molar-refractivity contribution in [1.29, 1.82) is 0 Å². The van der Waals surface area contributed by atoms with Crippen LogP contribution >= 0.6 is 11.6 Å². The van der Waals surface area contributed by atoms with Gasteiger partial charge in [0.1, 0.15) is 17.6 Å². The van der Waals surface area contributed by atoms with Crippen LogP contribution in [0.25, 0.3) is 11.1 Å². The zero-order chi connectivity index (χ0) is 23.0. The predicted molar refractivity (Wildman–Crippen MR) is 116 cm³/mol. The lowest BCUT2D eigenvalue weighted by molar-refractivity contribution is -0.0495. The normalized spacial score (nSPS) is 15.0. The SMILES string of the molecule is COc1cccc(C2Oc3ccc(Cl)c(OC(F)F)c3-c3ccc(CS(N)(=O)=O)cc32)c1. The van der Waals surface area contributed by atoms with Crippen LogP contribution in [0.4, 0.5) is 8.78 Å². The Labute approximate surface area is 188 Å². The molecule has 1 aliphatic heterocycles. The first-order valence-electron chi connectivity index (χ1n) is 9.38. The van der Waals surface area contributed by atoms with Gasteiger partial charge in [-0.25, -0.2) is 13.6 Å². The Morgan fingerprint density at radius 2 is 1.94 bits per heavy atom. The fourth-order valence-electron chi connectivity index (χ4n) is 3.72. The number of methoxy groups -OCH3 is 1. The Hall–Kier alpha value is -2.88. The zero-order valence-electron chi connectivity index (χ0n) is 16.7. The van der Waals surface area contributed by atoms with Gasteiger partial charge in [0.15, 0.2) is 5.75 Å². The van der Waals surface area contributed by atoms with Gasteiger partial charge in [-0.2, -0.15) is 8.78 Å². The summed E-state index contributed by atoms with van der Waals surface area (Å²) in [5.74, 6) is 0.277. The van der Waals surface area contributed by atoms with Crippen molar-refractivity contribution in [1.82, 2.24) is 0 Å². The summed E-state index contributed by atoms with van der Waals surface area (Å²) in [7, 11) is -2.26. The Bertz CT molecular complexity index is 1280. The number of primary sulfonamides is 1.